The van der Waals surface area contributed by atoms with E-state index < -0.39 is 119 Å². The molecule has 0 aliphatic carbocycles. The van der Waals surface area contributed by atoms with E-state index in [1.807, 2.05) is 0 Å². The molecule has 10 fully saturated rings. The Kier molecular flexibility index (Phi) is 52.6. The van der Waals surface area contributed by atoms with E-state index >= 15 is 0 Å². The first-order valence-electron chi connectivity index (χ1n) is 42.9. The predicted octanol–water partition coefficient (Wildman–Crippen LogP) is 11.8. The molecule has 0 saturated carbocycles. The van der Waals surface area contributed by atoms with Crippen molar-refractivity contribution in [2.45, 2.75) is 277 Å². The minimum atomic E-state index is -1.20. The van der Waals surface area contributed by atoms with Gasteiger partial charge in [-0.15, -0.1) is 12.4 Å². The van der Waals surface area contributed by atoms with Gasteiger partial charge in [0.25, 0.3) is 0 Å². The fourth-order valence-corrected chi connectivity index (χ4v) is 15.6. The number of rotatable bonds is 15. The van der Waals surface area contributed by atoms with E-state index in [1.54, 1.807) is 107 Å². The smallest absolute Gasteiger partial charge is 1.00 e. The number of ketones is 1. The van der Waals surface area contributed by atoms with E-state index in [4.69, 9.17) is 82.5 Å². The number of benzene rings is 5. The van der Waals surface area contributed by atoms with Crippen molar-refractivity contribution in [3.05, 3.63) is 154 Å². The third kappa shape index (κ3) is 37.8. The summed E-state index contributed by atoms with van der Waals surface area (Å²) in [7, 11) is 1.00. The molecule has 29 nitrogen and oxygen atoms in total. The van der Waals surface area contributed by atoms with Crippen LogP contribution in [0.1, 0.15) is 229 Å². The third-order valence-corrected chi connectivity index (χ3v) is 21.1. The average Bonchev–Trinajstić information content (AvgIpc) is 1.71. The number of hydrogen-bond acceptors (Lipinski definition) is 24. The molecular formula is C94H138BClF7N6Na2O23. The Morgan fingerprint density at radius 3 is 0.918 bits per heavy atom. The Balaban J connectivity index is 0.000000826. The van der Waals surface area contributed by atoms with Crippen LogP contribution in [-0.2, 0) is 47.4 Å². The average molecular weight is 1950 g/mol. The van der Waals surface area contributed by atoms with Crippen molar-refractivity contribution in [2.24, 2.45) is 0 Å². The first kappa shape index (κ1) is 123. The summed E-state index contributed by atoms with van der Waals surface area (Å²) < 4.78 is 174. The maximum atomic E-state index is 14.1. The second-order valence-corrected chi connectivity index (χ2v) is 36.1. The number of halogens is 8. The Morgan fingerprint density at radius 1 is 0.403 bits per heavy atom. The van der Waals surface area contributed by atoms with E-state index in [0.29, 0.717) is 148 Å². The van der Waals surface area contributed by atoms with Crippen LogP contribution in [0.15, 0.2) is 91.0 Å². The van der Waals surface area contributed by atoms with Crippen LogP contribution < -0.4 is 88.1 Å². The van der Waals surface area contributed by atoms with Crippen LogP contribution >= 0.6 is 12.4 Å². The number of amides is 4. The van der Waals surface area contributed by atoms with Gasteiger partial charge in [-0.3, -0.25) is 24.4 Å². The second-order valence-electron chi connectivity index (χ2n) is 36.1. The Labute approximate surface area is 837 Å². The van der Waals surface area contributed by atoms with Gasteiger partial charge >= 0.3 is 83.5 Å². The standard InChI is InChI=1S/C19H25F2NO4.2C19H26FNO5.C19H24FNO5.C14H17F2NO2.CH4O.3CH4.B.ClH.H2NO.2Na.H/c1-19(2,3)26-18(23)22-10-13(21)9-16(22)15-8-12(20)4-5-17(15)25-14-6-7-24-11-14;3*1-19(2,3)26-18(23)21-10-13(22)9-16(21)15-8-12(20)4-5-17(15)25-14-6-7-24-11-14;15-9-1-2-14(19-11-3-4-18-8-11)12(5-9)13-6-10(16)7-17-13;1-2;;;;;;1-2;;;/h4-5,8,13-14,16H,6-7,9-11H2,1-3H3;2*4-5,8,13-14,16,22H,6-7,9-11H2,1-3H3;4-5,8,14,16H,6-7,9-11H2,1-3H3;1-2,5,10-11,13,17H,3-4,6-8H2;2H,1H3;3*1H4;;1H;1-2H;;;/q;;;;;;;;;;;-1;2*+1;-1/t13-,14?,16+;13?,14?,16-;13-,14?,16-;14?,16-;10-,11?,13+;;;;;;;;;;/m01110........../s1. The summed E-state index contributed by atoms with van der Waals surface area (Å²) in [5.41, 5.74) is 0.0332. The van der Waals surface area contributed by atoms with Gasteiger partial charge < -0.3 is 99.5 Å². The summed E-state index contributed by atoms with van der Waals surface area (Å²) in [5, 5.41) is 36.6. The van der Waals surface area contributed by atoms with Crippen molar-refractivity contribution in [1.82, 2.24) is 24.9 Å². The monoisotopic (exact) mass is 1940 g/mol. The number of hydrogen-bond donors (Lipinski definition) is 5. The number of alkyl halides is 2. The largest absolute Gasteiger partial charge is 1.00 e. The van der Waals surface area contributed by atoms with Crippen LogP contribution in [0, 0.1) is 29.1 Å². The number of likely N-dealkylation sites (tertiary alicyclic amines) is 4. The van der Waals surface area contributed by atoms with Gasteiger partial charge in [0.05, 0.1) is 129 Å². The van der Waals surface area contributed by atoms with Crippen LogP contribution in [0.3, 0.4) is 0 Å². The molecule has 6 unspecified atom stereocenters. The molecule has 0 bridgehead atoms. The number of carbonyl (C=O) groups excluding carboxylic acids is 5. The van der Waals surface area contributed by atoms with Gasteiger partial charge in [-0.05, 0) is 193 Å². The van der Waals surface area contributed by atoms with E-state index in [0.717, 1.165) is 39.2 Å². The van der Waals surface area contributed by atoms with E-state index in [1.165, 1.54) is 86.3 Å². The van der Waals surface area contributed by atoms with Crippen LogP contribution in [0.4, 0.5) is 49.9 Å². The summed E-state index contributed by atoms with van der Waals surface area (Å²) in [5.74, 6) is 5.16. The number of Topliss-reactive ketones (excluding diaryl/α,β-unsaturated/α-hetero) is 1. The van der Waals surface area contributed by atoms with Gasteiger partial charge in [0, 0.05) is 101 Å². The quantitative estimate of drug-likeness (QED) is 0.0281. The van der Waals surface area contributed by atoms with Crippen molar-refractivity contribution < 1.29 is 202 Å². The zero-order valence-corrected chi connectivity index (χ0v) is 82.2. The van der Waals surface area contributed by atoms with Crippen molar-refractivity contribution in [3.63, 3.8) is 0 Å². The predicted molar refractivity (Wildman–Crippen MR) is 483 cm³/mol. The van der Waals surface area contributed by atoms with E-state index in [2.05, 4.69) is 5.32 Å². The summed E-state index contributed by atoms with van der Waals surface area (Å²) in [6.07, 6.45) is -1.14. The first-order chi connectivity index (χ1) is 60.1. The molecule has 4 amide bonds. The zero-order valence-electron chi connectivity index (χ0n) is 78.4. The molecule has 5 aromatic carbocycles. The van der Waals surface area contributed by atoms with Gasteiger partial charge in [-0.2, -0.15) is 0 Å². The fourth-order valence-electron chi connectivity index (χ4n) is 15.6. The normalized spacial score (nSPS) is 24.2. The number of nitrogens with zero attached hydrogens (tertiary/aromatic N) is 4. The van der Waals surface area contributed by atoms with Gasteiger partial charge in [-0.25, -0.2) is 49.9 Å². The summed E-state index contributed by atoms with van der Waals surface area (Å²) in [6.45, 7) is 27.3. The Bertz CT molecular complexity index is 4150. The molecule has 40 heteroatoms. The molecule has 6 N–H and O–H groups in total. The maximum absolute atomic E-state index is 14.1. The van der Waals surface area contributed by atoms with Crippen LogP contribution in [-0.4, -0.2) is 262 Å². The molecule has 10 aliphatic rings. The first-order valence-corrected chi connectivity index (χ1v) is 42.9. The molecule has 10 heterocycles. The van der Waals surface area contributed by atoms with Crippen molar-refractivity contribution in [1.29, 1.82) is 0 Å². The summed E-state index contributed by atoms with van der Waals surface area (Å²) >= 11 is 0. The van der Waals surface area contributed by atoms with Crippen LogP contribution in [0.5, 0.6) is 28.7 Å². The Morgan fingerprint density at radius 2 is 0.657 bits per heavy atom. The third-order valence-electron chi connectivity index (χ3n) is 21.1. The van der Waals surface area contributed by atoms with Crippen LogP contribution in [0.2, 0.25) is 0 Å². The van der Waals surface area contributed by atoms with Crippen molar-refractivity contribution in [3.8, 4) is 28.7 Å². The Hall–Kier alpha value is -6.73. The summed E-state index contributed by atoms with van der Waals surface area (Å²) in [4.78, 5) is 67.8. The molecule has 743 valence electrons. The zero-order chi connectivity index (χ0) is 92.8. The fraction of sp³-hybridized carbons (Fsp3) is 0.628. The van der Waals surface area contributed by atoms with Crippen LogP contribution in [0.25, 0.3) is 5.90 Å². The maximum Gasteiger partial charge on any atom is 1.00 e. The second kappa shape index (κ2) is 57.1. The molecule has 10 aliphatic heterocycles. The van der Waals surface area contributed by atoms with E-state index in [-0.39, 0.29) is 191 Å². The molecular weight excluding hydrogens is 1810 g/mol. The van der Waals surface area contributed by atoms with Gasteiger partial charge in [0.15, 0.2) is 5.78 Å². The number of aliphatic hydroxyl groups excluding tert-OH is 3. The topological polar surface area (TPSA) is 344 Å². The number of ether oxygens (including phenoxy) is 14. The van der Waals surface area contributed by atoms with Gasteiger partial charge in [0.1, 0.15) is 123 Å². The van der Waals surface area contributed by atoms with Gasteiger partial charge in [0.2, 0.25) is 0 Å². The number of carbonyl (C=O) groups is 5. The van der Waals surface area contributed by atoms with Crippen molar-refractivity contribution >= 4 is 51.0 Å². The SMILES string of the molecule is C.C.C.CC(C)(C)OC(=O)N1CC(=O)C[C@@H]1c1cc(F)ccc1OC1CCOC1.CC(C)(C)OC(=O)N1CC(O)C[C@@H]1c1cc(F)ccc1OC1CCOC1.CC(C)(C)OC(=O)N1C[C@@H](F)C[C@@H]1c1cc(F)ccc1OC1CCOC1.CC(C)(C)OC(=O)N1C[C@H](O)C[C@@H]1c1cc(F)ccc1OC1CCOC1.CO.Cl.Fc1ccc(OC2CCOC2)c([C@H]2C[C@H](F)CN2)c1.[B].[H-].[NH-]O.[Na+].[Na+]. The molecule has 0 aromatic heterocycles. The number of nitrogens with one attached hydrogen (secondary N) is 2. The molecule has 0 spiro atoms. The van der Waals surface area contributed by atoms with E-state index in [9.17, 15) is 64.9 Å². The minimum absolute atomic E-state index is 0. The molecule has 3 radical (unpaired) electrons. The molecule has 15 rings (SSSR count). The molecule has 10 saturated heterocycles. The molecule has 134 heavy (non-hydrogen) atoms. The number of β-amino-alcohol motifs (C(OH)–C–C–N with tert-alkyl or cyclic N) is 2. The molecule has 14 atom stereocenters. The summed E-state index contributed by atoms with van der Waals surface area (Å²) in [6, 6.07) is 18.8. The number of aliphatic hydroxyl groups is 3. The molecule has 5 aromatic rings. The van der Waals surface area contributed by atoms with Crippen molar-refractivity contribution in [2.75, 3.05) is 106 Å². The van der Waals surface area contributed by atoms with Gasteiger partial charge in [-0.1, -0.05) is 22.3 Å². The minimum Gasteiger partial charge on any atom is -1.00 e.